The van der Waals surface area contributed by atoms with Crippen LogP contribution in [0.15, 0.2) is 12.4 Å². The predicted molar refractivity (Wildman–Crippen MR) is 76.6 cm³/mol. The van der Waals surface area contributed by atoms with Crippen LogP contribution < -0.4 is 5.73 Å². The molecule has 4 heteroatoms. The van der Waals surface area contributed by atoms with E-state index in [0.29, 0.717) is 12.6 Å². The average molecular weight is 262 g/mol. The fraction of sp³-hybridized carbons (Fsp3) is 0.800. The Kier molecular flexibility index (Phi) is 3.63. The van der Waals surface area contributed by atoms with Crippen LogP contribution in [0.4, 0.5) is 0 Å². The van der Waals surface area contributed by atoms with Crippen LogP contribution >= 0.6 is 0 Å². The molecule has 4 unspecified atom stereocenters. The summed E-state index contributed by atoms with van der Waals surface area (Å²) in [6, 6.07) is 0.313. The first kappa shape index (κ1) is 13.1. The Morgan fingerprint density at radius 2 is 2.32 bits per heavy atom. The van der Waals surface area contributed by atoms with Crippen molar-refractivity contribution in [2.24, 2.45) is 30.5 Å². The second-order valence-electron chi connectivity index (χ2n) is 6.57. The molecule has 0 aromatic carbocycles. The van der Waals surface area contributed by atoms with Crippen molar-refractivity contribution in [3.05, 3.63) is 18.0 Å². The Morgan fingerprint density at radius 1 is 1.47 bits per heavy atom. The van der Waals surface area contributed by atoms with Crippen molar-refractivity contribution in [1.82, 2.24) is 14.7 Å². The quantitative estimate of drug-likeness (QED) is 0.880. The van der Waals surface area contributed by atoms with Crippen molar-refractivity contribution in [3.8, 4) is 0 Å². The van der Waals surface area contributed by atoms with Gasteiger partial charge in [-0.1, -0.05) is 6.42 Å². The van der Waals surface area contributed by atoms with Crippen LogP contribution in [0.2, 0.25) is 0 Å². The maximum atomic E-state index is 5.99. The van der Waals surface area contributed by atoms with Crippen LogP contribution in [0.1, 0.15) is 37.3 Å². The normalized spacial score (nSPS) is 31.3. The monoisotopic (exact) mass is 262 g/mol. The topological polar surface area (TPSA) is 47.1 Å². The van der Waals surface area contributed by atoms with Gasteiger partial charge >= 0.3 is 0 Å². The molecule has 3 rings (SSSR count). The molecule has 2 saturated carbocycles. The van der Waals surface area contributed by atoms with Crippen LogP contribution in [-0.4, -0.2) is 34.8 Å². The molecular formula is C15H26N4. The molecule has 0 aliphatic heterocycles. The summed E-state index contributed by atoms with van der Waals surface area (Å²) in [7, 11) is 4.18. The molecule has 0 amide bonds. The summed E-state index contributed by atoms with van der Waals surface area (Å²) in [6.45, 7) is 1.86. The lowest BCUT2D eigenvalue weighted by Gasteiger charge is -2.32. The smallest absolute Gasteiger partial charge is 0.0538 e. The number of hydrogen-bond donors (Lipinski definition) is 1. The van der Waals surface area contributed by atoms with E-state index in [1.54, 1.807) is 0 Å². The number of likely N-dealkylation sites (N-methyl/N-ethyl adjacent to an activating group) is 1. The van der Waals surface area contributed by atoms with E-state index in [2.05, 4.69) is 23.2 Å². The highest BCUT2D eigenvalue weighted by Crippen LogP contribution is 2.48. The molecule has 0 spiro atoms. The van der Waals surface area contributed by atoms with Gasteiger partial charge in [0.05, 0.1) is 6.20 Å². The van der Waals surface area contributed by atoms with Crippen LogP contribution in [-0.2, 0) is 7.05 Å². The third kappa shape index (κ3) is 2.56. The van der Waals surface area contributed by atoms with Crippen LogP contribution in [0.25, 0.3) is 0 Å². The van der Waals surface area contributed by atoms with E-state index in [1.807, 2.05) is 17.9 Å². The van der Waals surface area contributed by atoms with Gasteiger partial charge in [-0.2, -0.15) is 5.10 Å². The lowest BCUT2D eigenvalue weighted by molar-refractivity contribution is 0.176. The summed E-state index contributed by atoms with van der Waals surface area (Å²) < 4.78 is 1.86. The minimum Gasteiger partial charge on any atom is -0.329 e. The van der Waals surface area contributed by atoms with Gasteiger partial charge in [0.25, 0.3) is 0 Å². The molecule has 2 fully saturated rings. The molecule has 2 aliphatic carbocycles. The summed E-state index contributed by atoms with van der Waals surface area (Å²) >= 11 is 0. The Labute approximate surface area is 116 Å². The number of fused-ring (bicyclic) bond motifs is 2. The van der Waals surface area contributed by atoms with Crippen molar-refractivity contribution >= 4 is 0 Å². The largest absolute Gasteiger partial charge is 0.329 e. The molecule has 2 aliphatic rings. The second-order valence-corrected chi connectivity index (χ2v) is 6.57. The minimum absolute atomic E-state index is 0.313. The molecule has 2 N–H and O–H groups in total. The SMILES string of the molecule is CN(CC1CC2CCC1C2)C(CN)c1cnn(C)c1. The molecule has 19 heavy (non-hydrogen) atoms. The van der Waals surface area contributed by atoms with E-state index in [1.165, 1.54) is 37.8 Å². The number of rotatable bonds is 5. The lowest BCUT2D eigenvalue weighted by atomic mass is 9.88. The number of nitrogens with zero attached hydrogens (tertiary/aromatic N) is 3. The zero-order valence-corrected chi connectivity index (χ0v) is 12.1. The fourth-order valence-corrected chi connectivity index (χ4v) is 4.28. The van der Waals surface area contributed by atoms with E-state index in [4.69, 9.17) is 5.73 Å². The summed E-state index contributed by atoms with van der Waals surface area (Å²) in [4.78, 5) is 2.45. The molecule has 0 saturated heterocycles. The number of aryl methyl sites for hydroxylation is 1. The van der Waals surface area contributed by atoms with Gasteiger partial charge in [0.15, 0.2) is 0 Å². The van der Waals surface area contributed by atoms with Crippen molar-refractivity contribution in [3.63, 3.8) is 0 Å². The molecule has 1 aromatic rings. The van der Waals surface area contributed by atoms with E-state index in [0.717, 1.165) is 17.8 Å². The van der Waals surface area contributed by atoms with Crippen LogP contribution in [0.3, 0.4) is 0 Å². The van der Waals surface area contributed by atoms with E-state index in [9.17, 15) is 0 Å². The van der Waals surface area contributed by atoms with Gasteiger partial charge in [0.1, 0.15) is 0 Å². The molecule has 2 bridgehead atoms. The van der Waals surface area contributed by atoms with Gasteiger partial charge in [0, 0.05) is 37.9 Å². The molecule has 0 radical (unpaired) electrons. The highest BCUT2D eigenvalue weighted by atomic mass is 15.2. The van der Waals surface area contributed by atoms with Crippen molar-refractivity contribution in [2.75, 3.05) is 20.1 Å². The van der Waals surface area contributed by atoms with E-state index >= 15 is 0 Å². The summed E-state index contributed by atoms with van der Waals surface area (Å²) in [5.41, 5.74) is 7.23. The molecular weight excluding hydrogens is 236 g/mol. The van der Waals surface area contributed by atoms with Gasteiger partial charge in [-0.15, -0.1) is 0 Å². The molecule has 106 valence electrons. The van der Waals surface area contributed by atoms with Gasteiger partial charge < -0.3 is 5.73 Å². The Hall–Kier alpha value is -0.870. The van der Waals surface area contributed by atoms with E-state index < -0.39 is 0 Å². The van der Waals surface area contributed by atoms with Gasteiger partial charge in [-0.05, 0) is 44.1 Å². The fourth-order valence-electron chi connectivity index (χ4n) is 4.28. The van der Waals surface area contributed by atoms with Crippen LogP contribution in [0.5, 0.6) is 0 Å². The maximum Gasteiger partial charge on any atom is 0.0538 e. The first-order valence-electron chi connectivity index (χ1n) is 7.56. The maximum absolute atomic E-state index is 5.99. The summed E-state index contributed by atoms with van der Waals surface area (Å²) in [5, 5.41) is 4.27. The lowest BCUT2D eigenvalue weighted by Crippen LogP contribution is -2.35. The highest BCUT2D eigenvalue weighted by Gasteiger charge is 2.40. The number of aromatic nitrogens is 2. The molecule has 1 aromatic heterocycles. The second kappa shape index (κ2) is 5.25. The summed E-state index contributed by atoms with van der Waals surface area (Å²) in [5.74, 6) is 2.91. The van der Waals surface area contributed by atoms with Crippen LogP contribution in [0, 0.1) is 17.8 Å². The molecule has 4 nitrogen and oxygen atoms in total. The third-order valence-corrected chi connectivity index (χ3v) is 5.27. The van der Waals surface area contributed by atoms with Gasteiger partial charge in [0.2, 0.25) is 0 Å². The predicted octanol–water partition coefficient (Wildman–Crippen LogP) is 1.79. The van der Waals surface area contributed by atoms with Gasteiger partial charge in [-0.25, -0.2) is 0 Å². The van der Waals surface area contributed by atoms with Crippen molar-refractivity contribution < 1.29 is 0 Å². The Balaban J connectivity index is 1.63. The van der Waals surface area contributed by atoms with Crippen molar-refractivity contribution in [2.45, 2.75) is 31.7 Å². The highest BCUT2D eigenvalue weighted by molar-refractivity contribution is 5.11. The molecule has 1 heterocycles. The number of hydrogen-bond acceptors (Lipinski definition) is 3. The number of nitrogens with two attached hydrogens (primary N) is 1. The standard InChI is InChI=1S/C15H26N4/c1-18(9-13-6-11-3-4-12(13)5-11)15(7-16)14-8-17-19(2)10-14/h8,10-13,15H,3-7,9,16H2,1-2H3. The average Bonchev–Trinajstić information content (AvgIpc) is 3.07. The Bertz CT molecular complexity index is 428. The third-order valence-electron chi connectivity index (χ3n) is 5.27. The summed E-state index contributed by atoms with van der Waals surface area (Å²) in [6.07, 6.45) is 9.92. The van der Waals surface area contributed by atoms with Gasteiger partial charge in [-0.3, -0.25) is 9.58 Å². The van der Waals surface area contributed by atoms with Crippen molar-refractivity contribution in [1.29, 1.82) is 0 Å². The first-order chi connectivity index (χ1) is 9.17. The first-order valence-corrected chi connectivity index (χ1v) is 7.56. The minimum atomic E-state index is 0.313. The zero-order valence-electron chi connectivity index (χ0n) is 12.1. The Morgan fingerprint density at radius 3 is 2.84 bits per heavy atom. The zero-order chi connectivity index (χ0) is 13.4. The molecule has 4 atom stereocenters. The van der Waals surface area contributed by atoms with E-state index in [-0.39, 0.29) is 0 Å².